The molecule has 2 aromatic carbocycles. The van der Waals surface area contributed by atoms with Crippen LogP contribution in [0.3, 0.4) is 0 Å². The molecule has 1 aliphatic rings. The number of fused-ring (bicyclic) bond motifs is 2. The zero-order valence-corrected chi connectivity index (χ0v) is 25.6. The zero-order chi connectivity index (χ0) is 30.4. The van der Waals surface area contributed by atoms with E-state index in [1.165, 1.54) is 23.3 Å². The summed E-state index contributed by atoms with van der Waals surface area (Å²) < 4.78 is 14.1. The third kappa shape index (κ3) is 5.10. The van der Waals surface area contributed by atoms with E-state index in [2.05, 4.69) is 23.8 Å². The second-order valence-electron chi connectivity index (χ2n) is 10.7. The highest BCUT2D eigenvalue weighted by molar-refractivity contribution is 7.22. The van der Waals surface area contributed by atoms with Crippen LogP contribution in [-0.4, -0.2) is 44.9 Å². The van der Waals surface area contributed by atoms with E-state index < -0.39 is 17.7 Å². The Morgan fingerprint density at radius 1 is 1.09 bits per heavy atom. The molecule has 43 heavy (non-hydrogen) atoms. The van der Waals surface area contributed by atoms with E-state index in [0.717, 1.165) is 11.1 Å². The van der Waals surface area contributed by atoms with Crippen LogP contribution >= 0.6 is 22.9 Å². The molecule has 0 bridgehead atoms. The minimum Gasteiger partial charge on any atom is -0.505 e. The number of ketones is 1. The first-order valence-corrected chi connectivity index (χ1v) is 15.0. The van der Waals surface area contributed by atoms with Gasteiger partial charge in [0.15, 0.2) is 22.4 Å². The number of hydrogen-bond acceptors (Lipinski definition) is 8. The number of thiazole rings is 1. The Labute approximate surface area is 257 Å². The smallest absolute Gasteiger partial charge is 0.301 e. The highest BCUT2D eigenvalue weighted by Crippen LogP contribution is 2.46. The first-order valence-electron chi connectivity index (χ1n) is 13.8. The van der Waals surface area contributed by atoms with Gasteiger partial charge in [0.25, 0.3) is 5.78 Å². The summed E-state index contributed by atoms with van der Waals surface area (Å²) in [5.74, 6) is -0.523. The van der Waals surface area contributed by atoms with Crippen molar-refractivity contribution in [3.05, 3.63) is 88.3 Å². The summed E-state index contributed by atoms with van der Waals surface area (Å²) in [7, 11) is 1.53. The molecule has 5 aromatic rings. The number of aliphatic hydroxyl groups is 1. The van der Waals surface area contributed by atoms with E-state index in [4.69, 9.17) is 21.1 Å². The number of aryl methyl sites for hydroxylation is 1. The van der Waals surface area contributed by atoms with Crippen molar-refractivity contribution < 1.29 is 24.2 Å². The summed E-state index contributed by atoms with van der Waals surface area (Å²) >= 11 is 7.46. The molecule has 9 nitrogen and oxygen atoms in total. The normalized spacial score (nSPS) is 16.6. The molecule has 1 unspecified atom stereocenters. The predicted molar refractivity (Wildman–Crippen MR) is 167 cm³/mol. The van der Waals surface area contributed by atoms with Gasteiger partial charge in [0, 0.05) is 11.2 Å². The minimum atomic E-state index is -1.01. The van der Waals surface area contributed by atoms with E-state index in [-0.39, 0.29) is 11.3 Å². The molecular formula is C32H29ClN4O5S. The number of halogens is 1. The molecule has 0 saturated carbocycles. The number of imidazole rings is 1. The lowest BCUT2D eigenvalue weighted by atomic mass is 9.96. The van der Waals surface area contributed by atoms with Crippen LogP contribution in [0.1, 0.15) is 43.3 Å². The summed E-state index contributed by atoms with van der Waals surface area (Å²) in [6.07, 6.45) is 2.62. The number of carbonyl (C=O) groups excluding carboxylic acids is 2. The molecule has 0 radical (unpaired) electrons. The Morgan fingerprint density at radius 3 is 2.67 bits per heavy atom. The highest BCUT2D eigenvalue weighted by Gasteiger charge is 2.49. The Bertz CT molecular complexity index is 1930. The second-order valence-corrected chi connectivity index (χ2v) is 12.1. The fourth-order valence-corrected chi connectivity index (χ4v) is 6.51. The second kappa shape index (κ2) is 11.3. The molecule has 1 fully saturated rings. The van der Waals surface area contributed by atoms with Gasteiger partial charge < -0.3 is 14.6 Å². The van der Waals surface area contributed by atoms with Crippen LogP contribution in [0, 0.1) is 12.8 Å². The lowest BCUT2D eigenvalue weighted by molar-refractivity contribution is -0.132. The number of rotatable bonds is 8. The number of ether oxygens (including phenoxy) is 2. The lowest BCUT2D eigenvalue weighted by Gasteiger charge is -2.24. The summed E-state index contributed by atoms with van der Waals surface area (Å²) in [5.41, 5.74) is 2.53. The standard InChI is InChI=1S/C32H29ClN4O5S/c1-17(2)12-14-42-22-11-8-19(15-23(22)41-4)28-26(29(38)27-18(3)34-25-7-5-6-13-36(25)27)30(39)31(40)37(28)32-35-21-10-9-20(33)16-24(21)43-32/h5-11,13,15-17,28,38H,12,14H2,1-4H3/b29-26+. The number of carbonyl (C=O) groups is 2. The maximum Gasteiger partial charge on any atom is 0.301 e. The van der Waals surface area contributed by atoms with Gasteiger partial charge >= 0.3 is 5.91 Å². The lowest BCUT2D eigenvalue weighted by Crippen LogP contribution is -2.29. The van der Waals surface area contributed by atoms with Crippen molar-refractivity contribution in [2.45, 2.75) is 33.2 Å². The molecule has 1 N–H and O–H groups in total. The maximum atomic E-state index is 13.8. The molecule has 0 aliphatic carbocycles. The van der Waals surface area contributed by atoms with E-state index >= 15 is 0 Å². The number of amides is 1. The number of Topliss-reactive ketones (excluding diaryl/α,β-unsaturated/α-hetero) is 1. The summed E-state index contributed by atoms with van der Waals surface area (Å²) in [4.78, 5) is 38.1. The average Bonchev–Trinajstić information content (AvgIpc) is 3.63. The SMILES string of the molecule is COc1cc(C2/C(=C(\O)c3c(C)nc4ccccn34)C(=O)C(=O)N2c2nc3ccc(Cl)cc3s2)ccc1OCCC(C)C. The van der Waals surface area contributed by atoms with Crippen LogP contribution < -0.4 is 14.4 Å². The van der Waals surface area contributed by atoms with Crippen molar-refractivity contribution in [3.63, 3.8) is 0 Å². The third-order valence-electron chi connectivity index (χ3n) is 7.37. The van der Waals surface area contributed by atoms with Crippen molar-refractivity contribution in [3.8, 4) is 11.5 Å². The number of nitrogens with zero attached hydrogens (tertiary/aromatic N) is 4. The van der Waals surface area contributed by atoms with Gasteiger partial charge in [0.2, 0.25) is 0 Å². The number of aliphatic hydroxyl groups excluding tert-OH is 1. The van der Waals surface area contributed by atoms with E-state index in [1.54, 1.807) is 66.1 Å². The Hall–Kier alpha value is -4.41. The van der Waals surface area contributed by atoms with Crippen LogP contribution in [0.25, 0.3) is 21.6 Å². The Kier molecular flexibility index (Phi) is 7.57. The fourth-order valence-electron chi connectivity index (χ4n) is 5.24. The van der Waals surface area contributed by atoms with Crippen molar-refractivity contribution in [1.29, 1.82) is 0 Å². The predicted octanol–water partition coefficient (Wildman–Crippen LogP) is 6.97. The van der Waals surface area contributed by atoms with E-state index in [1.807, 2.05) is 6.07 Å². The number of methoxy groups -OCH3 is 1. The zero-order valence-electron chi connectivity index (χ0n) is 24.0. The summed E-state index contributed by atoms with van der Waals surface area (Å²) in [6, 6.07) is 14.9. The number of hydrogen-bond donors (Lipinski definition) is 1. The van der Waals surface area contributed by atoms with Crippen molar-refractivity contribution in [2.75, 3.05) is 18.6 Å². The quantitative estimate of drug-likeness (QED) is 0.114. The van der Waals surface area contributed by atoms with Crippen LogP contribution in [0.4, 0.5) is 5.13 Å². The molecule has 4 heterocycles. The van der Waals surface area contributed by atoms with Crippen LogP contribution in [0.15, 0.2) is 66.4 Å². The molecule has 1 atom stereocenters. The third-order valence-corrected chi connectivity index (χ3v) is 8.63. The van der Waals surface area contributed by atoms with Crippen molar-refractivity contribution >= 4 is 61.4 Å². The molecule has 11 heteroatoms. The van der Waals surface area contributed by atoms with Crippen LogP contribution in [0.5, 0.6) is 11.5 Å². The molecule has 0 spiro atoms. The maximum absolute atomic E-state index is 13.8. The molecule has 220 valence electrons. The number of pyridine rings is 1. The van der Waals surface area contributed by atoms with Crippen molar-refractivity contribution in [1.82, 2.24) is 14.4 Å². The summed E-state index contributed by atoms with van der Waals surface area (Å²) in [6.45, 7) is 6.49. The first-order chi connectivity index (χ1) is 20.7. The van der Waals surface area contributed by atoms with Gasteiger partial charge in [-0.2, -0.15) is 0 Å². The van der Waals surface area contributed by atoms with Crippen LogP contribution in [0.2, 0.25) is 5.02 Å². The Balaban J connectivity index is 1.55. The first kappa shape index (κ1) is 28.7. The number of aromatic nitrogens is 3. The number of benzene rings is 2. The molecular weight excluding hydrogens is 588 g/mol. The van der Waals surface area contributed by atoms with Gasteiger partial charge in [-0.1, -0.05) is 48.9 Å². The van der Waals surface area contributed by atoms with Crippen molar-refractivity contribution in [2.24, 2.45) is 5.92 Å². The average molecular weight is 617 g/mol. The fraction of sp³-hybridized carbons (Fsp3) is 0.250. The Morgan fingerprint density at radius 2 is 1.91 bits per heavy atom. The van der Waals surface area contributed by atoms with Gasteiger partial charge in [-0.25, -0.2) is 9.97 Å². The molecule has 1 amide bonds. The minimum absolute atomic E-state index is 0.0772. The van der Waals surface area contributed by atoms with Gasteiger partial charge in [-0.05, 0) is 67.3 Å². The molecule has 6 rings (SSSR count). The van der Waals surface area contributed by atoms with Gasteiger partial charge in [0.05, 0.1) is 41.2 Å². The monoisotopic (exact) mass is 616 g/mol. The van der Waals surface area contributed by atoms with Gasteiger partial charge in [-0.15, -0.1) is 0 Å². The van der Waals surface area contributed by atoms with E-state index in [9.17, 15) is 14.7 Å². The highest BCUT2D eigenvalue weighted by atomic mass is 35.5. The molecule has 1 aliphatic heterocycles. The summed E-state index contributed by atoms with van der Waals surface area (Å²) in [5, 5.41) is 12.7. The molecule has 1 saturated heterocycles. The largest absolute Gasteiger partial charge is 0.505 e. The topological polar surface area (TPSA) is 106 Å². The van der Waals surface area contributed by atoms with E-state index in [0.29, 0.717) is 62.3 Å². The number of anilines is 1. The van der Waals surface area contributed by atoms with Gasteiger partial charge in [-0.3, -0.25) is 18.9 Å². The van der Waals surface area contributed by atoms with Gasteiger partial charge in [0.1, 0.15) is 11.3 Å². The van der Waals surface area contributed by atoms with Crippen LogP contribution in [-0.2, 0) is 9.59 Å². The molecule has 3 aromatic heterocycles.